The van der Waals surface area contributed by atoms with Gasteiger partial charge in [-0.3, -0.25) is 14.9 Å². The molecule has 8 nitrogen and oxygen atoms in total. The van der Waals surface area contributed by atoms with Crippen molar-refractivity contribution in [2.24, 2.45) is 0 Å². The van der Waals surface area contributed by atoms with Gasteiger partial charge < -0.3 is 14.8 Å². The van der Waals surface area contributed by atoms with E-state index in [-0.39, 0.29) is 23.5 Å². The van der Waals surface area contributed by atoms with Crippen molar-refractivity contribution in [3.63, 3.8) is 0 Å². The van der Waals surface area contributed by atoms with Gasteiger partial charge in [-0.15, -0.1) is 6.58 Å². The molecule has 11 heteroatoms. The Morgan fingerprint density at radius 3 is 2.50 bits per heavy atom. The minimum atomic E-state index is -4.79. The first-order valence-corrected chi connectivity index (χ1v) is 11.7. The molecule has 3 aromatic carbocycles. The van der Waals surface area contributed by atoms with Gasteiger partial charge in [-0.25, -0.2) is 0 Å². The van der Waals surface area contributed by atoms with Crippen LogP contribution in [0.25, 0.3) is 6.08 Å². The quantitative estimate of drug-likeness (QED) is 0.0981. The Morgan fingerprint density at radius 1 is 1.18 bits per heavy atom. The second-order valence-electron chi connectivity index (χ2n) is 8.62. The first-order chi connectivity index (χ1) is 18.9. The molecule has 0 radical (unpaired) electrons. The van der Waals surface area contributed by atoms with Gasteiger partial charge in [-0.05, 0) is 73.4 Å². The summed E-state index contributed by atoms with van der Waals surface area (Å²) in [6, 6.07) is 12.2. The molecule has 0 atom stereocenters. The zero-order valence-electron chi connectivity index (χ0n) is 21.8. The molecule has 0 saturated heterocycles. The number of ether oxygens (including phenoxy) is 2. The van der Waals surface area contributed by atoms with Crippen LogP contribution in [0.3, 0.4) is 0 Å². The van der Waals surface area contributed by atoms with Crippen LogP contribution in [0.4, 0.5) is 24.5 Å². The first-order valence-electron chi connectivity index (χ1n) is 11.7. The van der Waals surface area contributed by atoms with Crippen LogP contribution in [0.1, 0.15) is 27.8 Å². The summed E-state index contributed by atoms with van der Waals surface area (Å²) >= 11 is 0. The van der Waals surface area contributed by atoms with Gasteiger partial charge in [0.1, 0.15) is 11.6 Å². The highest BCUT2D eigenvalue weighted by atomic mass is 19.4. The van der Waals surface area contributed by atoms with Crippen LogP contribution in [0.5, 0.6) is 17.2 Å². The molecule has 0 fully saturated rings. The molecule has 0 aliphatic carbocycles. The molecule has 0 unspecified atom stereocenters. The van der Waals surface area contributed by atoms with Crippen LogP contribution >= 0.6 is 0 Å². The van der Waals surface area contributed by atoms with E-state index in [0.717, 1.165) is 17.2 Å². The summed E-state index contributed by atoms with van der Waals surface area (Å²) in [7, 11) is 1.30. The highest BCUT2D eigenvalue weighted by Crippen LogP contribution is 2.42. The van der Waals surface area contributed by atoms with Crippen LogP contribution < -0.4 is 14.8 Å². The van der Waals surface area contributed by atoms with Crippen LogP contribution in [0.2, 0.25) is 0 Å². The van der Waals surface area contributed by atoms with E-state index < -0.39 is 34.0 Å². The number of methoxy groups -OCH3 is 1. The number of nitriles is 1. The van der Waals surface area contributed by atoms with Crippen LogP contribution in [-0.4, -0.2) is 17.9 Å². The van der Waals surface area contributed by atoms with E-state index in [1.165, 1.54) is 25.3 Å². The molecule has 0 bridgehead atoms. The number of nitro benzene ring substituents is 1. The number of anilines is 1. The number of benzene rings is 3. The molecule has 206 valence electrons. The number of aryl methyl sites for hydroxylation is 1. The lowest BCUT2D eigenvalue weighted by atomic mass is 10.0. The summed E-state index contributed by atoms with van der Waals surface area (Å²) in [5, 5.41) is 23.9. The summed E-state index contributed by atoms with van der Waals surface area (Å²) < 4.78 is 50.5. The van der Waals surface area contributed by atoms with Gasteiger partial charge in [-0.1, -0.05) is 18.2 Å². The van der Waals surface area contributed by atoms with E-state index in [1.807, 2.05) is 26.0 Å². The number of nitro groups is 1. The average molecular weight is 552 g/mol. The lowest BCUT2D eigenvalue weighted by molar-refractivity contribution is -0.385. The summed E-state index contributed by atoms with van der Waals surface area (Å²) in [6.45, 7) is 7.41. The van der Waals surface area contributed by atoms with Gasteiger partial charge in [0.15, 0.2) is 11.5 Å². The van der Waals surface area contributed by atoms with Crippen molar-refractivity contribution in [1.29, 1.82) is 5.26 Å². The maximum atomic E-state index is 13.1. The standard InChI is InChI=1S/C29H24F3N3O5/c1-5-7-20-12-19(13-21(16-33)28(36)34-23-9-6-8-17(2)18(23)3)14-26(39-4)27(20)40-25-11-10-22(29(30,31)32)15-24(25)35(37)38/h5-6,8-15H,1,7H2,2-4H3,(H,34,36)/b21-13+. The van der Waals surface area contributed by atoms with Gasteiger partial charge in [0.05, 0.1) is 17.6 Å². The summed E-state index contributed by atoms with van der Waals surface area (Å²) in [5.41, 5.74) is 0.828. The van der Waals surface area contributed by atoms with Crippen molar-refractivity contribution < 1.29 is 32.4 Å². The van der Waals surface area contributed by atoms with Crippen molar-refractivity contribution in [2.45, 2.75) is 26.4 Å². The van der Waals surface area contributed by atoms with Gasteiger partial charge in [0.2, 0.25) is 5.75 Å². The highest BCUT2D eigenvalue weighted by molar-refractivity contribution is 6.10. The van der Waals surface area contributed by atoms with E-state index in [0.29, 0.717) is 28.9 Å². The molecule has 0 aliphatic rings. The summed E-state index contributed by atoms with van der Waals surface area (Å²) in [6.07, 6.45) is -1.78. The third-order valence-electron chi connectivity index (χ3n) is 5.96. The largest absolute Gasteiger partial charge is 0.493 e. The molecule has 0 aromatic heterocycles. The molecule has 1 N–H and O–H groups in total. The monoisotopic (exact) mass is 551 g/mol. The number of carbonyl (C=O) groups excluding carboxylic acids is 1. The number of hydrogen-bond donors (Lipinski definition) is 1. The van der Waals surface area contributed by atoms with Gasteiger partial charge in [0.25, 0.3) is 5.91 Å². The van der Waals surface area contributed by atoms with Gasteiger partial charge in [-0.2, -0.15) is 18.4 Å². The Hall–Kier alpha value is -5.11. The van der Waals surface area contributed by atoms with Crippen molar-refractivity contribution >= 4 is 23.4 Å². The highest BCUT2D eigenvalue weighted by Gasteiger charge is 2.33. The molecular formula is C29H24F3N3O5. The Balaban J connectivity index is 2.05. The zero-order chi connectivity index (χ0) is 29.6. The molecule has 3 aromatic rings. The summed E-state index contributed by atoms with van der Waals surface area (Å²) in [4.78, 5) is 23.4. The van der Waals surface area contributed by atoms with Crippen LogP contribution in [-0.2, 0) is 17.4 Å². The second-order valence-corrected chi connectivity index (χ2v) is 8.62. The molecular weight excluding hydrogens is 527 g/mol. The molecule has 1 amide bonds. The lowest BCUT2D eigenvalue weighted by Crippen LogP contribution is -2.14. The Bertz CT molecular complexity index is 1560. The van der Waals surface area contributed by atoms with Crippen molar-refractivity contribution in [3.8, 4) is 23.3 Å². The Labute approximate surface area is 228 Å². The zero-order valence-corrected chi connectivity index (χ0v) is 21.8. The molecule has 3 rings (SSSR count). The fourth-order valence-electron chi connectivity index (χ4n) is 3.77. The minimum absolute atomic E-state index is 0.000698. The third kappa shape index (κ3) is 6.66. The molecule has 0 spiro atoms. The number of nitrogens with one attached hydrogen (secondary N) is 1. The van der Waals surface area contributed by atoms with Gasteiger partial charge >= 0.3 is 11.9 Å². The van der Waals surface area contributed by atoms with Crippen LogP contribution in [0, 0.1) is 35.3 Å². The van der Waals surface area contributed by atoms with Crippen molar-refractivity contribution in [1.82, 2.24) is 0 Å². The number of hydrogen-bond acceptors (Lipinski definition) is 6. The number of rotatable bonds is 9. The molecule has 0 saturated carbocycles. The van der Waals surface area contributed by atoms with Crippen molar-refractivity contribution in [2.75, 3.05) is 12.4 Å². The van der Waals surface area contributed by atoms with E-state index in [2.05, 4.69) is 11.9 Å². The molecule has 40 heavy (non-hydrogen) atoms. The number of nitrogens with zero attached hydrogens (tertiary/aromatic N) is 2. The molecule has 0 aliphatic heterocycles. The van der Waals surface area contributed by atoms with Crippen LogP contribution in [0.15, 0.2) is 66.8 Å². The number of carbonyl (C=O) groups is 1. The minimum Gasteiger partial charge on any atom is -0.493 e. The SMILES string of the molecule is C=CCc1cc(/C=C(\C#N)C(=O)Nc2cccc(C)c2C)cc(OC)c1Oc1ccc(C(F)(F)F)cc1[N+](=O)[O-]. The maximum absolute atomic E-state index is 13.1. The first kappa shape index (κ1) is 29.4. The third-order valence-corrected chi connectivity index (χ3v) is 5.96. The van der Waals surface area contributed by atoms with E-state index in [1.54, 1.807) is 18.2 Å². The number of halogens is 3. The smallest absolute Gasteiger partial charge is 0.416 e. The number of allylic oxidation sites excluding steroid dienone is 1. The Morgan fingerprint density at radius 2 is 1.90 bits per heavy atom. The van der Waals surface area contributed by atoms with E-state index in [9.17, 15) is 33.3 Å². The predicted octanol–water partition coefficient (Wildman–Crippen LogP) is 7.31. The van der Waals surface area contributed by atoms with Crippen molar-refractivity contribution in [3.05, 3.63) is 105 Å². The fourth-order valence-corrected chi connectivity index (χ4v) is 3.77. The second kappa shape index (κ2) is 12.2. The van der Waals surface area contributed by atoms with Gasteiger partial charge in [0, 0.05) is 17.3 Å². The lowest BCUT2D eigenvalue weighted by Gasteiger charge is -2.16. The average Bonchev–Trinajstić information content (AvgIpc) is 2.90. The normalized spacial score (nSPS) is 11.4. The topological polar surface area (TPSA) is 114 Å². The number of alkyl halides is 3. The fraction of sp³-hybridized carbons (Fsp3) is 0.172. The maximum Gasteiger partial charge on any atom is 0.416 e. The van der Waals surface area contributed by atoms with E-state index in [4.69, 9.17) is 9.47 Å². The predicted molar refractivity (Wildman–Crippen MR) is 143 cm³/mol. The summed E-state index contributed by atoms with van der Waals surface area (Å²) in [5.74, 6) is -1.01. The van der Waals surface area contributed by atoms with E-state index >= 15 is 0 Å². The molecule has 0 heterocycles. The number of amides is 1. The Kier molecular flexibility index (Phi) is 8.96.